The van der Waals surface area contributed by atoms with E-state index in [1.54, 1.807) is 30.3 Å². The third-order valence-corrected chi connectivity index (χ3v) is 3.53. The summed E-state index contributed by atoms with van der Waals surface area (Å²) in [5.74, 6) is -0.456. The van der Waals surface area contributed by atoms with Gasteiger partial charge in [-0.2, -0.15) is 0 Å². The zero-order valence-electron chi connectivity index (χ0n) is 11.3. The topological polar surface area (TPSA) is 50.4 Å². The molecule has 0 spiro atoms. The first-order valence-electron chi connectivity index (χ1n) is 6.64. The van der Waals surface area contributed by atoms with E-state index in [4.69, 9.17) is 4.42 Å². The molecule has 1 unspecified atom stereocenters. The van der Waals surface area contributed by atoms with Crippen LogP contribution in [0.1, 0.15) is 17.0 Å². The van der Waals surface area contributed by atoms with Gasteiger partial charge in [0.05, 0.1) is 10.9 Å². The quantitative estimate of drug-likeness (QED) is 0.585. The highest BCUT2D eigenvalue weighted by molar-refractivity contribution is 5.84. The number of allylic oxidation sites excluding steroid dienone is 1. The first-order chi connectivity index (χ1) is 10.2. The van der Waals surface area contributed by atoms with Gasteiger partial charge in [0.1, 0.15) is 11.3 Å². The predicted octanol–water partition coefficient (Wildman–Crippen LogP) is 3.82. The lowest BCUT2D eigenvalue weighted by Crippen LogP contribution is -2.12. The zero-order chi connectivity index (χ0) is 14.8. The summed E-state index contributed by atoms with van der Waals surface area (Å²) in [5.41, 5.74) is 0.930. The fraction of sp³-hybridized carbons (Fsp3) is 0.0556. The molecule has 3 heteroatoms. The van der Waals surface area contributed by atoms with E-state index in [1.165, 1.54) is 0 Å². The smallest absolute Gasteiger partial charge is 0.344 e. The largest absolute Gasteiger partial charge is 0.507 e. The summed E-state index contributed by atoms with van der Waals surface area (Å²) in [5, 5.41) is 11.0. The van der Waals surface area contributed by atoms with Crippen molar-refractivity contribution in [3.63, 3.8) is 0 Å². The summed E-state index contributed by atoms with van der Waals surface area (Å²) in [7, 11) is 0. The van der Waals surface area contributed by atoms with Gasteiger partial charge in [-0.25, -0.2) is 4.79 Å². The van der Waals surface area contributed by atoms with Crippen LogP contribution in [0.3, 0.4) is 0 Å². The molecule has 1 heterocycles. The first-order valence-corrected chi connectivity index (χ1v) is 6.64. The highest BCUT2D eigenvalue weighted by atomic mass is 16.4. The maximum atomic E-state index is 12.3. The van der Waals surface area contributed by atoms with Crippen molar-refractivity contribution in [2.45, 2.75) is 5.92 Å². The van der Waals surface area contributed by atoms with Crippen molar-refractivity contribution in [1.82, 2.24) is 0 Å². The molecule has 3 aromatic rings. The lowest BCUT2D eigenvalue weighted by atomic mass is 9.91. The van der Waals surface area contributed by atoms with Gasteiger partial charge in [-0.15, -0.1) is 6.58 Å². The zero-order valence-corrected chi connectivity index (χ0v) is 11.3. The number of fused-ring (bicyclic) bond motifs is 1. The van der Waals surface area contributed by atoms with Crippen LogP contribution in [0.2, 0.25) is 0 Å². The molecule has 2 aromatic carbocycles. The Labute approximate surface area is 121 Å². The summed E-state index contributed by atoms with van der Waals surface area (Å²) < 4.78 is 5.31. The second-order valence-electron chi connectivity index (χ2n) is 4.77. The van der Waals surface area contributed by atoms with Crippen LogP contribution in [-0.2, 0) is 0 Å². The molecule has 0 bridgehead atoms. The van der Waals surface area contributed by atoms with E-state index in [2.05, 4.69) is 6.58 Å². The van der Waals surface area contributed by atoms with Crippen LogP contribution in [0.4, 0.5) is 0 Å². The minimum Gasteiger partial charge on any atom is -0.507 e. The molecule has 1 atom stereocenters. The van der Waals surface area contributed by atoms with Crippen molar-refractivity contribution in [3.8, 4) is 5.75 Å². The van der Waals surface area contributed by atoms with Crippen LogP contribution in [0, 0.1) is 0 Å². The number of benzene rings is 2. The van der Waals surface area contributed by atoms with Crippen LogP contribution in [0.25, 0.3) is 11.0 Å². The summed E-state index contributed by atoms with van der Waals surface area (Å²) in [6.07, 6.45) is 1.64. The molecule has 1 aromatic heterocycles. The number of hydrogen-bond donors (Lipinski definition) is 1. The molecule has 3 nitrogen and oxygen atoms in total. The van der Waals surface area contributed by atoms with Gasteiger partial charge < -0.3 is 9.52 Å². The lowest BCUT2D eigenvalue weighted by Gasteiger charge is -2.14. The molecular weight excluding hydrogens is 264 g/mol. The minimum absolute atomic E-state index is 0.0457. The molecular formula is C18H14O3. The van der Waals surface area contributed by atoms with Gasteiger partial charge in [0, 0.05) is 5.92 Å². The van der Waals surface area contributed by atoms with E-state index in [0.29, 0.717) is 11.0 Å². The lowest BCUT2D eigenvalue weighted by molar-refractivity contribution is 0.456. The molecule has 1 N–H and O–H groups in total. The molecule has 0 aliphatic carbocycles. The number of rotatable bonds is 3. The van der Waals surface area contributed by atoms with Gasteiger partial charge in [0.2, 0.25) is 0 Å². The van der Waals surface area contributed by atoms with E-state index in [0.717, 1.165) is 5.56 Å². The van der Waals surface area contributed by atoms with Crippen LogP contribution < -0.4 is 5.63 Å². The van der Waals surface area contributed by atoms with Crippen molar-refractivity contribution < 1.29 is 9.52 Å². The highest BCUT2D eigenvalue weighted by Crippen LogP contribution is 2.34. The van der Waals surface area contributed by atoms with E-state index < -0.39 is 11.5 Å². The van der Waals surface area contributed by atoms with Crippen LogP contribution in [0.15, 0.2) is 76.5 Å². The summed E-state index contributed by atoms with van der Waals surface area (Å²) in [6.45, 7) is 3.78. The second kappa shape index (κ2) is 5.29. The van der Waals surface area contributed by atoms with Gasteiger partial charge in [-0.1, -0.05) is 48.5 Å². The standard InChI is InChI=1S/C18H14O3/c1-2-13(12-8-4-3-5-9-12)16-17(19)14-10-6-7-11-15(14)21-18(16)20/h2-11,13,19H,1H2. The average Bonchev–Trinajstić information content (AvgIpc) is 2.52. The highest BCUT2D eigenvalue weighted by Gasteiger charge is 2.21. The first kappa shape index (κ1) is 13.2. The SMILES string of the molecule is C=CC(c1ccccc1)c1c(O)c2ccccc2oc1=O. The van der Waals surface area contributed by atoms with Gasteiger partial charge >= 0.3 is 5.63 Å². The molecule has 21 heavy (non-hydrogen) atoms. The molecule has 0 fully saturated rings. The molecule has 0 saturated carbocycles. The Balaban J connectivity index is 2.28. The Kier molecular flexibility index (Phi) is 3.32. The van der Waals surface area contributed by atoms with Crippen molar-refractivity contribution in [3.05, 3.63) is 88.8 Å². The number of hydrogen-bond acceptors (Lipinski definition) is 3. The normalized spacial score (nSPS) is 12.2. The summed E-state index contributed by atoms with van der Waals surface area (Å²) >= 11 is 0. The Morgan fingerprint density at radius 2 is 1.71 bits per heavy atom. The number of aromatic hydroxyl groups is 1. The van der Waals surface area contributed by atoms with Gasteiger partial charge in [-0.05, 0) is 17.7 Å². The van der Waals surface area contributed by atoms with Crippen LogP contribution in [-0.4, -0.2) is 5.11 Å². The van der Waals surface area contributed by atoms with Crippen molar-refractivity contribution in [2.24, 2.45) is 0 Å². The van der Waals surface area contributed by atoms with Gasteiger partial charge in [0.15, 0.2) is 0 Å². The monoisotopic (exact) mass is 278 g/mol. The Morgan fingerprint density at radius 1 is 1.05 bits per heavy atom. The maximum absolute atomic E-state index is 12.3. The van der Waals surface area contributed by atoms with E-state index >= 15 is 0 Å². The third kappa shape index (κ3) is 2.23. The Morgan fingerprint density at radius 3 is 2.43 bits per heavy atom. The summed E-state index contributed by atoms with van der Waals surface area (Å²) in [4.78, 5) is 12.3. The molecule has 0 radical (unpaired) electrons. The third-order valence-electron chi connectivity index (χ3n) is 3.53. The molecule has 0 amide bonds. The Bertz CT molecular complexity index is 847. The molecule has 0 aliphatic heterocycles. The average molecular weight is 278 g/mol. The van der Waals surface area contributed by atoms with Gasteiger partial charge in [-0.3, -0.25) is 0 Å². The molecule has 0 saturated heterocycles. The van der Waals surface area contributed by atoms with Crippen molar-refractivity contribution in [1.29, 1.82) is 0 Å². The molecule has 104 valence electrons. The van der Waals surface area contributed by atoms with Crippen LogP contribution >= 0.6 is 0 Å². The van der Waals surface area contributed by atoms with E-state index in [-0.39, 0.29) is 11.3 Å². The summed E-state index contributed by atoms with van der Waals surface area (Å²) in [6, 6.07) is 16.4. The maximum Gasteiger partial charge on any atom is 0.344 e. The fourth-order valence-electron chi connectivity index (χ4n) is 2.50. The predicted molar refractivity (Wildman–Crippen MR) is 82.6 cm³/mol. The minimum atomic E-state index is -0.542. The Hall–Kier alpha value is -2.81. The van der Waals surface area contributed by atoms with E-state index in [9.17, 15) is 9.90 Å². The molecule has 3 rings (SSSR count). The van der Waals surface area contributed by atoms with Crippen molar-refractivity contribution in [2.75, 3.05) is 0 Å². The molecule has 0 aliphatic rings. The fourth-order valence-corrected chi connectivity index (χ4v) is 2.50. The second-order valence-corrected chi connectivity index (χ2v) is 4.77. The number of para-hydroxylation sites is 1. The van der Waals surface area contributed by atoms with Gasteiger partial charge in [0.25, 0.3) is 0 Å². The van der Waals surface area contributed by atoms with Crippen LogP contribution in [0.5, 0.6) is 5.75 Å². The van der Waals surface area contributed by atoms with Crippen molar-refractivity contribution >= 4 is 11.0 Å². The van der Waals surface area contributed by atoms with E-state index in [1.807, 2.05) is 30.3 Å².